The van der Waals surface area contributed by atoms with Gasteiger partial charge in [-0.05, 0) is 43.9 Å². The first kappa shape index (κ1) is 12.9. The van der Waals surface area contributed by atoms with Crippen LogP contribution < -0.4 is 10.1 Å². The number of ether oxygens (including phenoxy) is 2. The Hall–Kier alpha value is -1.06. The van der Waals surface area contributed by atoms with Gasteiger partial charge >= 0.3 is 0 Å². The van der Waals surface area contributed by atoms with E-state index in [0.29, 0.717) is 17.9 Å². The topological polar surface area (TPSA) is 30.5 Å². The van der Waals surface area contributed by atoms with Gasteiger partial charge in [-0.15, -0.1) is 0 Å². The second-order valence-corrected chi connectivity index (χ2v) is 5.67. The zero-order chi connectivity index (χ0) is 13.1. The molecule has 0 amide bonds. The molecule has 2 aliphatic rings. The van der Waals surface area contributed by atoms with Gasteiger partial charge in [-0.2, -0.15) is 0 Å². The third-order valence-corrected chi connectivity index (χ3v) is 4.45. The molecular weight excluding hydrogens is 238 g/mol. The van der Waals surface area contributed by atoms with Gasteiger partial charge in [0.2, 0.25) is 0 Å². The molecule has 0 saturated carbocycles. The Kier molecular flexibility index (Phi) is 4.04. The fourth-order valence-corrected chi connectivity index (χ4v) is 3.49. The maximum Gasteiger partial charge on any atom is 0.122 e. The van der Waals surface area contributed by atoms with Gasteiger partial charge in [-0.1, -0.05) is 18.2 Å². The van der Waals surface area contributed by atoms with E-state index >= 15 is 0 Å². The normalized spacial score (nSPS) is 28.3. The predicted octanol–water partition coefficient (Wildman–Crippen LogP) is 2.25. The summed E-state index contributed by atoms with van der Waals surface area (Å²) in [6.45, 7) is 2.64. The molecule has 3 heteroatoms. The quantitative estimate of drug-likeness (QED) is 0.905. The summed E-state index contributed by atoms with van der Waals surface area (Å²) in [6, 6.07) is 8.90. The van der Waals surface area contributed by atoms with Crippen molar-refractivity contribution in [2.75, 3.05) is 26.9 Å². The van der Waals surface area contributed by atoms with Gasteiger partial charge in [0.25, 0.3) is 0 Å². The van der Waals surface area contributed by atoms with Crippen LogP contribution in [0.1, 0.15) is 18.4 Å². The molecule has 0 aliphatic carbocycles. The molecule has 3 rings (SSSR count). The Balaban J connectivity index is 1.71. The van der Waals surface area contributed by atoms with Crippen molar-refractivity contribution in [2.45, 2.75) is 25.3 Å². The van der Waals surface area contributed by atoms with E-state index in [4.69, 9.17) is 9.47 Å². The maximum absolute atomic E-state index is 5.93. The molecule has 3 unspecified atom stereocenters. The molecule has 2 heterocycles. The number of rotatable bonds is 3. The number of hydrogen-bond acceptors (Lipinski definition) is 3. The third kappa shape index (κ3) is 2.77. The first-order valence-corrected chi connectivity index (χ1v) is 7.34. The number of hydrogen-bond donors (Lipinski definition) is 1. The summed E-state index contributed by atoms with van der Waals surface area (Å²) in [4.78, 5) is 0. The van der Waals surface area contributed by atoms with E-state index in [1.165, 1.54) is 18.4 Å². The molecule has 3 atom stereocenters. The van der Waals surface area contributed by atoms with Crippen molar-refractivity contribution >= 4 is 0 Å². The van der Waals surface area contributed by atoms with Gasteiger partial charge in [-0.25, -0.2) is 0 Å². The molecule has 0 bridgehead atoms. The van der Waals surface area contributed by atoms with Crippen LogP contribution in [0.2, 0.25) is 0 Å². The van der Waals surface area contributed by atoms with E-state index in [-0.39, 0.29) is 0 Å². The van der Waals surface area contributed by atoms with Crippen molar-refractivity contribution in [2.24, 2.45) is 11.8 Å². The van der Waals surface area contributed by atoms with E-state index in [1.54, 1.807) is 0 Å². The fraction of sp³-hybridized carbons (Fsp3) is 0.625. The lowest BCUT2D eigenvalue weighted by Crippen LogP contribution is -2.47. The molecule has 0 aromatic heterocycles. The summed E-state index contributed by atoms with van der Waals surface area (Å²) in [6.07, 6.45) is 3.56. The van der Waals surface area contributed by atoms with Gasteiger partial charge in [-0.3, -0.25) is 0 Å². The Morgan fingerprint density at radius 2 is 2.11 bits per heavy atom. The highest BCUT2D eigenvalue weighted by atomic mass is 16.5. The summed E-state index contributed by atoms with van der Waals surface area (Å²) < 4.78 is 11.6. The van der Waals surface area contributed by atoms with Crippen LogP contribution in [0.3, 0.4) is 0 Å². The van der Waals surface area contributed by atoms with E-state index < -0.39 is 0 Å². The minimum absolute atomic E-state index is 0.494. The highest BCUT2D eigenvalue weighted by Crippen LogP contribution is 2.32. The molecule has 104 valence electrons. The largest absolute Gasteiger partial charge is 0.493 e. The van der Waals surface area contributed by atoms with E-state index in [9.17, 15) is 0 Å². The Labute approximate surface area is 115 Å². The summed E-state index contributed by atoms with van der Waals surface area (Å²) in [5.41, 5.74) is 1.34. The lowest BCUT2D eigenvalue weighted by Gasteiger charge is -2.37. The van der Waals surface area contributed by atoms with Crippen LogP contribution in [0, 0.1) is 11.8 Å². The summed E-state index contributed by atoms with van der Waals surface area (Å²) in [5.74, 6) is 2.23. The minimum atomic E-state index is 0.494. The van der Waals surface area contributed by atoms with Crippen molar-refractivity contribution in [1.82, 2.24) is 5.32 Å². The summed E-state index contributed by atoms with van der Waals surface area (Å²) >= 11 is 0. The van der Waals surface area contributed by atoms with Gasteiger partial charge in [0, 0.05) is 18.6 Å². The van der Waals surface area contributed by atoms with Crippen LogP contribution in [-0.4, -0.2) is 32.9 Å². The molecule has 1 N–H and O–H groups in total. The molecule has 0 spiro atoms. The van der Waals surface area contributed by atoms with Crippen LogP contribution in [0.4, 0.5) is 0 Å². The van der Waals surface area contributed by atoms with Crippen molar-refractivity contribution in [3.8, 4) is 5.75 Å². The summed E-state index contributed by atoms with van der Waals surface area (Å²) in [5, 5.41) is 3.51. The molecular formula is C16H23NO2. The highest BCUT2D eigenvalue weighted by Gasteiger charge is 2.32. The standard InChI is InChI=1S/C16H23NO2/c1-17-16(13-6-4-8-18-10-13)14-9-12-5-2-3-7-15(12)19-11-14/h2-3,5,7,13-14,16-17H,4,6,8-11H2,1H3. The van der Waals surface area contributed by atoms with E-state index in [1.807, 2.05) is 6.07 Å². The zero-order valence-electron chi connectivity index (χ0n) is 11.6. The average Bonchev–Trinajstić information content (AvgIpc) is 2.49. The van der Waals surface area contributed by atoms with Crippen molar-refractivity contribution in [3.63, 3.8) is 0 Å². The van der Waals surface area contributed by atoms with Crippen LogP contribution in [0.5, 0.6) is 5.75 Å². The maximum atomic E-state index is 5.93. The van der Waals surface area contributed by atoms with Crippen LogP contribution in [-0.2, 0) is 11.2 Å². The first-order chi connectivity index (χ1) is 9.38. The van der Waals surface area contributed by atoms with Gasteiger partial charge in [0.15, 0.2) is 0 Å². The fourth-order valence-electron chi connectivity index (χ4n) is 3.49. The zero-order valence-corrected chi connectivity index (χ0v) is 11.6. The van der Waals surface area contributed by atoms with E-state index in [2.05, 4.69) is 30.6 Å². The highest BCUT2D eigenvalue weighted by molar-refractivity contribution is 5.35. The first-order valence-electron chi connectivity index (χ1n) is 7.34. The van der Waals surface area contributed by atoms with Crippen LogP contribution in [0.25, 0.3) is 0 Å². The SMILES string of the molecule is CNC(C1CCCOC1)C1COc2ccccc2C1. The van der Waals surface area contributed by atoms with E-state index in [0.717, 1.165) is 32.0 Å². The van der Waals surface area contributed by atoms with Gasteiger partial charge in [0.1, 0.15) is 5.75 Å². The Bertz CT molecular complexity index is 415. The molecule has 2 aliphatic heterocycles. The lowest BCUT2D eigenvalue weighted by molar-refractivity contribution is 0.0226. The molecule has 3 nitrogen and oxygen atoms in total. The molecule has 1 fully saturated rings. The van der Waals surface area contributed by atoms with Crippen molar-refractivity contribution < 1.29 is 9.47 Å². The minimum Gasteiger partial charge on any atom is -0.493 e. The number of benzene rings is 1. The molecule has 1 saturated heterocycles. The second kappa shape index (κ2) is 5.93. The molecule has 1 aromatic carbocycles. The predicted molar refractivity (Wildman–Crippen MR) is 75.5 cm³/mol. The van der Waals surface area contributed by atoms with Gasteiger partial charge in [0.05, 0.1) is 13.2 Å². The molecule has 19 heavy (non-hydrogen) atoms. The van der Waals surface area contributed by atoms with Crippen molar-refractivity contribution in [1.29, 1.82) is 0 Å². The number of nitrogens with one attached hydrogen (secondary N) is 1. The monoisotopic (exact) mass is 261 g/mol. The second-order valence-electron chi connectivity index (χ2n) is 5.67. The number of para-hydroxylation sites is 1. The molecule has 1 aromatic rings. The van der Waals surface area contributed by atoms with Gasteiger partial charge < -0.3 is 14.8 Å². The Morgan fingerprint density at radius 1 is 1.21 bits per heavy atom. The van der Waals surface area contributed by atoms with Crippen LogP contribution >= 0.6 is 0 Å². The van der Waals surface area contributed by atoms with Crippen LogP contribution in [0.15, 0.2) is 24.3 Å². The summed E-state index contributed by atoms with van der Waals surface area (Å²) in [7, 11) is 2.07. The Morgan fingerprint density at radius 3 is 2.89 bits per heavy atom. The third-order valence-electron chi connectivity index (χ3n) is 4.45. The average molecular weight is 261 g/mol. The van der Waals surface area contributed by atoms with Crippen molar-refractivity contribution in [3.05, 3.63) is 29.8 Å². The lowest BCUT2D eigenvalue weighted by atomic mass is 9.81. The smallest absolute Gasteiger partial charge is 0.122 e. The molecule has 0 radical (unpaired) electrons. The number of fused-ring (bicyclic) bond motifs is 1.